The van der Waals surface area contributed by atoms with Crippen LogP contribution >= 0.6 is 11.8 Å². The highest BCUT2D eigenvalue weighted by molar-refractivity contribution is 7.98. The minimum atomic E-state index is -4.54. The molecule has 0 unspecified atom stereocenters. The Bertz CT molecular complexity index is 608. The summed E-state index contributed by atoms with van der Waals surface area (Å²) in [7, 11) is 0. The average molecular weight is 315 g/mol. The molecular weight excluding hydrogens is 302 g/mol. The second-order valence-corrected chi connectivity index (χ2v) is 5.31. The third-order valence-electron chi connectivity index (χ3n) is 2.87. The highest BCUT2D eigenvalue weighted by Gasteiger charge is 2.31. The molecule has 0 aliphatic rings. The first-order chi connectivity index (χ1) is 9.88. The maximum Gasteiger partial charge on any atom is 0.416 e. The van der Waals surface area contributed by atoms with Crippen LogP contribution < -0.4 is 5.32 Å². The molecule has 0 amide bonds. The number of halogens is 4. The Kier molecular flexibility index (Phi) is 4.77. The topological polar surface area (TPSA) is 12.0 Å². The minimum Gasteiger partial charge on any atom is -0.381 e. The lowest BCUT2D eigenvalue weighted by Gasteiger charge is -2.11. The number of rotatable bonds is 4. The van der Waals surface area contributed by atoms with Crippen molar-refractivity contribution in [3.8, 4) is 0 Å². The quantitative estimate of drug-likeness (QED) is 0.616. The third-order valence-corrected chi connectivity index (χ3v) is 3.62. The monoisotopic (exact) mass is 315 g/mol. The number of nitrogens with one attached hydrogen (secondary N) is 1. The molecule has 0 aliphatic heterocycles. The van der Waals surface area contributed by atoms with Crippen LogP contribution in [0.2, 0.25) is 0 Å². The van der Waals surface area contributed by atoms with Gasteiger partial charge in [0, 0.05) is 17.1 Å². The predicted molar refractivity (Wildman–Crippen MR) is 77.0 cm³/mol. The molecule has 1 nitrogen and oxygen atoms in total. The Balaban J connectivity index is 2.10. The summed E-state index contributed by atoms with van der Waals surface area (Å²) in [6.45, 7) is 0.124. The van der Waals surface area contributed by atoms with Gasteiger partial charge in [-0.25, -0.2) is 4.39 Å². The molecule has 112 valence electrons. The first-order valence-corrected chi connectivity index (χ1v) is 7.35. The Morgan fingerprint density at radius 1 is 1.05 bits per heavy atom. The normalized spacial score (nSPS) is 11.5. The minimum absolute atomic E-state index is 0.124. The number of alkyl halides is 3. The van der Waals surface area contributed by atoms with Gasteiger partial charge in [-0.05, 0) is 54.3 Å². The molecule has 21 heavy (non-hydrogen) atoms. The van der Waals surface area contributed by atoms with Crippen molar-refractivity contribution in [2.24, 2.45) is 0 Å². The molecule has 1 N–H and O–H groups in total. The fraction of sp³-hybridized carbons (Fsp3) is 0.200. The van der Waals surface area contributed by atoms with Gasteiger partial charge in [0.1, 0.15) is 5.82 Å². The number of hydrogen-bond acceptors (Lipinski definition) is 2. The van der Waals surface area contributed by atoms with E-state index in [0.717, 1.165) is 22.7 Å². The zero-order chi connectivity index (χ0) is 15.5. The highest BCUT2D eigenvalue weighted by Crippen LogP contribution is 2.30. The average Bonchev–Trinajstić information content (AvgIpc) is 2.44. The maximum atomic E-state index is 13.3. The lowest BCUT2D eigenvalue weighted by atomic mass is 10.1. The molecule has 0 saturated carbocycles. The summed E-state index contributed by atoms with van der Waals surface area (Å²) in [5, 5.41) is 2.97. The van der Waals surface area contributed by atoms with E-state index in [1.807, 2.05) is 30.5 Å². The van der Waals surface area contributed by atoms with E-state index >= 15 is 0 Å². The van der Waals surface area contributed by atoms with Crippen molar-refractivity contribution < 1.29 is 17.6 Å². The van der Waals surface area contributed by atoms with Gasteiger partial charge < -0.3 is 5.32 Å². The molecule has 0 aromatic heterocycles. The van der Waals surface area contributed by atoms with Gasteiger partial charge in [-0.3, -0.25) is 0 Å². The smallest absolute Gasteiger partial charge is 0.381 e. The summed E-state index contributed by atoms with van der Waals surface area (Å²) in [6, 6.07) is 10.0. The molecule has 2 aromatic rings. The maximum absolute atomic E-state index is 13.3. The molecule has 6 heteroatoms. The van der Waals surface area contributed by atoms with Gasteiger partial charge in [-0.2, -0.15) is 13.2 Å². The number of thioether (sulfide) groups is 1. The summed E-state index contributed by atoms with van der Waals surface area (Å²) in [5.41, 5.74) is 0.0407. The molecule has 0 heterocycles. The van der Waals surface area contributed by atoms with Crippen LogP contribution in [0.15, 0.2) is 47.4 Å². The molecule has 0 spiro atoms. The van der Waals surface area contributed by atoms with Crippen LogP contribution in [0.25, 0.3) is 0 Å². The number of hydrogen-bond donors (Lipinski definition) is 1. The zero-order valence-electron chi connectivity index (χ0n) is 11.2. The van der Waals surface area contributed by atoms with Crippen LogP contribution in [0.4, 0.5) is 23.2 Å². The van der Waals surface area contributed by atoms with E-state index in [-0.39, 0.29) is 12.1 Å². The van der Waals surface area contributed by atoms with E-state index in [9.17, 15) is 17.6 Å². The van der Waals surface area contributed by atoms with Gasteiger partial charge in [0.15, 0.2) is 0 Å². The lowest BCUT2D eigenvalue weighted by Crippen LogP contribution is -2.08. The second kappa shape index (κ2) is 6.39. The summed E-state index contributed by atoms with van der Waals surface area (Å²) in [6.07, 6.45) is -2.59. The van der Waals surface area contributed by atoms with Crippen molar-refractivity contribution >= 4 is 17.4 Å². The van der Waals surface area contributed by atoms with Gasteiger partial charge in [0.05, 0.1) is 5.56 Å². The Morgan fingerprint density at radius 2 is 1.71 bits per heavy atom. The molecular formula is C15H13F4NS. The van der Waals surface area contributed by atoms with E-state index in [0.29, 0.717) is 6.07 Å². The Hall–Kier alpha value is -1.69. The van der Waals surface area contributed by atoms with Crippen LogP contribution in [-0.4, -0.2) is 6.26 Å². The van der Waals surface area contributed by atoms with Gasteiger partial charge in [-0.15, -0.1) is 11.8 Å². The van der Waals surface area contributed by atoms with Crippen molar-refractivity contribution in [1.29, 1.82) is 0 Å². The van der Waals surface area contributed by atoms with Crippen LogP contribution in [0, 0.1) is 5.82 Å². The lowest BCUT2D eigenvalue weighted by molar-refractivity contribution is -0.137. The fourth-order valence-corrected chi connectivity index (χ4v) is 2.24. The summed E-state index contributed by atoms with van der Waals surface area (Å²) >= 11 is 1.60. The van der Waals surface area contributed by atoms with Crippen molar-refractivity contribution in [3.05, 3.63) is 59.4 Å². The summed E-state index contributed by atoms with van der Waals surface area (Å²) in [5.74, 6) is -0.889. The fourth-order valence-electron chi connectivity index (χ4n) is 1.83. The first kappa shape index (κ1) is 15.7. The molecule has 0 bridgehead atoms. The molecule has 0 fully saturated rings. The molecule has 0 atom stereocenters. The predicted octanol–water partition coefficient (Wildman–Crippen LogP) is 5.18. The van der Waals surface area contributed by atoms with Crippen LogP contribution in [0.5, 0.6) is 0 Å². The Labute approximate surface area is 124 Å². The van der Waals surface area contributed by atoms with Crippen molar-refractivity contribution in [1.82, 2.24) is 0 Å². The first-order valence-electron chi connectivity index (χ1n) is 6.13. The van der Waals surface area contributed by atoms with Crippen LogP contribution in [0.1, 0.15) is 11.1 Å². The van der Waals surface area contributed by atoms with Crippen LogP contribution in [-0.2, 0) is 12.7 Å². The Morgan fingerprint density at radius 3 is 2.29 bits per heavy atom. The van der Waals surface area contributed by atoms with E-state index in [1.54, 1.807) is 11.8 Å². The third kappa shape index (κ3) is 4.39. The standard InChI is InChI=1S/C15H13F4NS/c1-21-14-4-2-13(3-5-14)20-9-10-6-11(15(17,18)19)8-12(16)7-10/h2-8,20H,9H2,1H3. The van der Waals surface area contributed by atoms with Crippen molar-refractivity contribution in [2.45, 2.75) is 17.6 Å². The molecule has 0 aliphatic carbocycles. The van der Waals surface area contributed by atoms with Crippen molar-refractivity contribution in [3.63, 3.8) is 0 Å². The highest BCUT2D eigenvalue weighted by atomic mass is 32.2. The SMILES string of the molecule is CSc1ccc(NCc2cc(F)cc(C(F)(F)F)c2)cc1. The van der Waals surface area contributed by atoms with E-state index < -0.39 is 17.6 Å². The second-order valence-electron chi connectivity index (χ2n) is 4.43. The molecule has 0 radical (unpaired) electrons. The molecule has 2 aromatic carbocycles. The number of benzene rings is 2. The number of anilines is 1. The van der Waals surface area contributed by atoms with E-state index in [2.05, 4.69) is 5.32 Å². The van der Waals surface area contributed by atoms with Gasteiger partial charge in [0.25, 0.3) is 0 Å². The van der Waals surface area contributed by atoms with Crippen LogP contribution in [0.3, 0.4) is 0 Å². The molecule has 2 rings (SSSR count). The molecule has 0 saturated heterocycles. The van der Waals surface area contributed by atoms with E-state index in [1.165, 1.54) is 0 Å². The van der Waals surface area contributed by atoms with Gasteiger partial charge in [0.2, 0.25) is 0 Å². The van der Waals surface area contributed by atoms with Gasteiger partial charge >= 0.3 is 6.18 Å². The zero-order valence-corrected chi connectivity index (χ0v) is 12.0. The largest absolute Gasteiger partial charge is 0.416 e. The summed E-state index contributed by atoms with van der Waals surface area (Å²) in [4.78, 5) is 1.09. The van der Waals surface area contributed by atoms with Gasteiger partial charge in [-0.1, -0.05) is 0 Å². The van der Waals surface area contributed by atoms with E-state index in [4.69, 9.17) is 0 Å². The summed E-state index contributed by atoms with van der Waals surface area (Å²) < 4.78 is 51.1. The van der Waals surface area contributed by atoms with Crippen molar-refractivity contribution in [2.75, 3.05) is 11.6 Å².